The van der Waals surface area contributed by atoms with Gasteiger partial charge in [0.05, 0.1) is 0 Å². The van der Waals surface area contributed by atoms with E-state index in [0.29, 0.717) is 0 Å². The van der Waals surface area contributed by atoms with Crippen molar-refractivity contribution in [1.29, 1.82) is 0 Å². The van der Waals surface area contributed by atoms with Gasteiger partial charge in [-0.1, -0.05) is 12.3 Å². The second-order valence-corrected chi connectivity index (χ2v) is 0.591. The number of rotatable bonds is 0. The minimum absolute atomic E-state index is 1.33. The Morgan fingerprint density at radius 1 is 1.83 bits per heavy atom. The Kier molecular flexibility index (Phi) is 3.05. The van der Waals surface area contributed by atoms with Crippen LogP contribution in [0.1, 0.15) is 0 Å². The summed E-state index contributed by atoms with van der Waals surface area (Å²) >= 11 is 0. The maximum Gasteiger partial charge on any atom is 0.372 e. The predicted octanol–water partition coefficient (Wildman–Crippen LogP) is 0.534. The van der Waals surface area contributed by atoms with Crippen LogP contribution in [0, 0.1) is 6.19 Å². The highest BCUT2D eigenvalue weighted by atomic mass is 14.7. The molecule has 6 heavy (non-hydrogen) atoms. The number of nitrogens with two attached hydrogens (primary N) is 1. The quantitative estimate of drug-likeness (QED) is 0.257. The van der Waals surface area contributed by atoms with E-state index < -0.39 is 0 Å². The molecular formula is C4H5N2+. The van der Waals surface area contributed by atoms with E-state index in [2.05, 4.69) is 17.2 Å². The zero-order chi connectivity index (χ0) is 4.83. The minimum Gasteiger partial charge on any atom is -0.236 e. The van der Waals surface area contributed by atoms with Crippen molar-refractivity contribution in [1.82, 2.24) is 0 Å². The molecule has 0 atom stereocenters. The maximum absolute atomic E-state index is 4.70. The van der Waals surface area contributed by atoms with Crippen molar-refractivity contribution in [3.8, 4) is 6.19 Å². The Balaban J connectivity index is 3.53. The zero-order valence-electron chi connectivity index (χ0n) is 3.31. The van der Waals surface area contributed by atoms with Gasteiger partial charge in [0.25, 0.3) is 0 Å². The standard InChI is InChI=1S/C4H4N2/c1-2-3-6-4-5/h3,5H,1H2/p+1. The highest BCUT2D eigenvalue weighted by Gasteiger charge is 1.53. The molecule has 0 amide bonds. The Morgan fingerprint density at radius 3 is 2.67 bits per heavy atom. The molecule has 0 aliphatic heterocycles. The first-order valence-corrected chi connectivity index (χ1v) is 1.41. The lowest BCUT2D eigenvalue weighted by Gasteiger charge is -1.40. The average molecular weight is 81.1 g/mol. The van der Waals surface area contributed by atoms with Crippen LogP contribution in [0.2, 0.25) is 0 Å². The molecule has 0 aromatic carbocycles. The lowest BCUT2D eigenvalue weighted by atomic mass is 10.9. The van der Waals surface area contributed by atoms with Crippen LogP contribution in [-0.2, 0) is 0 Å². The summed E-state index contributed by atoms with van der Waals surface area (Å²) in [6, 6.07) is 0. The third-order valence-corrected chi connectivity index (χ3v) is 0.230. The van der Waals surface area contributed by atoms with Crippen LogP contribution in [0.25, 0.3) is 4.85 Å². The van der Waals surface area contributed by atoms with Gasteiger partial charge in [-0.3, -0.25) is 0 Å². The smallest absolute Gasteiger partial charge is 0.236 e. The molecule has 2 N–H and O–H groups in total. The fourth-order valence-corrected chi connectivity index (χ4v) is 0.0829. The first kappa shape index (κ1) is 4.81. The molecule has 0 aromatic heterocycles. The molecular weight excluding hydrogens is 76.1 g/mol. The Labute approximate surface area is 36.4 Å². The van der Waals surface area contributed by atoms with Crippen LogP contribution in [-0.4, -0.2) is 0 Å². The molecule has 0 aliphatic carbocycles. The summed E-state index contributed by atoms with van der Waals surface area (Å²) in [5, 5.41) is 0. The van der Waals surface area contributed by atoms with Crippen LogP contribution in [0.5, 0.6) is 0 Å². The lowest BCUT2D eigenvalue weighted by molar-refractivity contribution is 1.72. The topological polar surface area (TPSA) is 30.4 Å². The van der Waals surface area contributed by atoms with Crippen molar-refractivity contribution in [2.75, 3.05) is 0 Å². The fourth-order valence-electron chi connectivity index (χ4n) is 0.0829. The molecule has 0 saturated carbocycles. The van der Waals surface area contributed by atoms with Crippen LogP contribution in [0.3, 0.4) is 0 Å². The summed E-state index contributed by atoms with van der Waals surface area (Å²) in [5.41, 5.74) is 7.08. The van der Waals surface area contributed by atoms with Gasteiger partial charge in [0.1, 0.15) is 0 Å². The zero-order valence-corrected chi connectivity index (χ0v) is 3.31. The Morgan fingerprint density at radius 2 is 2.50 bits per heavy atom. The van der Waals surface area contributed by atoms with Crippen LogP contribution in [0.4, 0.5) is 0 Å². The lowest BCUT2D eigenvalue weighted by Crippen LogP contribution is -1.70. The summed E-state index contributed by atoms with van der Waals surface area (Å²) in [7, 11) is 0. The number of nitrogens with zero attached hydrogens (tertiary/aromatic N) is 1. The van der Waals surface area contributed by atoms with E-state index in [1.54, 1.807) is 0 Å². The van der Waals surface area contributed by atoms with Crippen LogP contribution < -0.4 is 5.73 Å². The van der Waals surface area contributed by atoms with Gasteiger partial charge in [0, 0.05) is 0 Å². The van der Waals surface area contributed by atoms with Gasteiger partial charge in [-0.05, 0) is 0 Å². The summed E-state index contributed by atoms with van der Waals surface area (Å²) in [6.45, 7) is 3.23. The van der Waals surface area contributed by atoms with E-state index in [1.165, 1.54) is 6.20 Å². The molecule has 0 heterocycles. The van der Waals surface area contributed by atoms with Crippen molar-refractivity contribution in [2.45, 2.75) is 0 Å². The minimum atomic E-state index is 1.33. The molecule has 0 spiro atoms. The third-order valence-electron chi connectivity index (χ3n) is 0.230. The molecule has 0 aliphatic rings. The van der Waals surface area contributed by atoms with Crippen molar-refractivity contribution >= 4 is 0 Å². The normalized spacial score (nSPS) is 4.00. The molecule has 0 fully saturated rings. The average Bonchev–Trinajstić information content (AvgIpc) is 1.61. The van der Waals surface area contributed by atoms with Gasteiger partial charge in [-0.15, -0.1) is 0 Å². The highest BCUT2D eigenvalue weighted by molar-refractivity contribution is 4.93. The van der Waals surface area contributed by atoms with E-state index in [0.717, 1.165) is 0 Å². The predicted molar refractivity (Wildman–Crippen MR) is 25.1 cm³/mol. The molecule has 0 radical (unpaired) electrons. The van der Waals surface area contributed by atoms with E-state index in [9.17, 15) is 0 Å². The molecule has 2 heteroatoms. The summed E-state index contributed by atoms with van der Waals surface area (Å²) in [5.74, 6) is 0. The first-order valence-electron chi connectivity index (χ1n) is 1.41. The molecule has 0 unspecified atom stereocenters. The van der Waals surface area contributed by atoms with Crippen molar-refractivity contribution in [2.24, 2.45) is 5.73 Å². The first-order chi connectivity index (χ1) is 2.91. The molecule has 0 aromatic rings. The van der Waals surface area contributed by atoms with E-state index in [4.69, 9.17) is 5.73 Å². The van der Waals surface area contributed by atoms with E-state index >= 15 is 0 Å². The summed E-state index contributed by atoms with van der Waals surface area (Å²) < 4.78 is 0. The summed E-state index contributed by atoms with van der Waals surface area (Å²) in [6.07, 6.45) is 3.37. The number of hydrogen-bond donors (Lipinski definition) is 1. The third kappa shape index (κ3) is 2.81. The van der Waals surface area contributed by atoms with E-state index in [-0.39, 0.29) is 0 Å². The Bertz CT molecular complexity index is 120. The van der Waals surface area contributed by atoms with E-state index in [1.807, 2.05) is 6.19 Å². The highest BCUT2D eigenvalue weighted by Crippen LogP contribution is 1.59. The van der Waals surface area contributed by atoms with Gasteiger partial charge in [0.2, 0.25) is 6.20 Å². The maximum atomic E-state index is 4.70. The SMILES string of the molecule is C=C=C[N+]#CN. The van der Waals surface area contributed by atoms with Crippen molar-refractivity contribution < 1.29 is 0 Å². The van der Waals surface area contributed by atoms with Crippen LogP contribution in [0.15, 0.2) is 18.5 Å². The van der Waals surface area contributed by atoms with Gasteiger partial charge >= 0.3 is 6.19 Å². The van der Waals surface area contributed by atoms with Gasteiger partial charge in [-0.2, -0.15) is 4.85 Å². The second kappa shape index (κ2) is 3.81. The molecule has 0 rings (SSSR count). The van der Waals surface area contributed by atoms with Crippen molar-refractivity contribution in [3.05, 3.63) is 23.4 Å². The number of hydrogen-bond acceptors (Lipinski definition) is 1. The van der Waals surface area contributed by atoms with Gasteiger partial charge in [0.15, 0.2) is 0 Å². The van der Waals surface area contributed by atoms with Crippen molar-refractivity contribution in [3.63, 3.8) is 0 Å². The molecule has 0 bridgehead atoms. The van der Waals surface area contributed by atoms with Gasteiger partial charge in [-0.25, -0.2) is 5.73 Å². The molecule has 2 nitrogen and oxygen atoms in total. The monoisotopic (exact) mass is 81.0 g/mol. The van der Waals surface area contributed by atoms with Crippen LogP contribution >= 0.6 is 0 Å². The van der Waals surface area contributed by atoms with Gasteiger partial charge < -0.3 is 0 Å². The molecule has 0 saturated heterocycles. The summed E-state index contributed by atoms with van der Waals surface area (Å²) in [4.78, 5) is 3.32. The largest absolute Gasteiger partial charge is 0.372 e. The second-order valence-electron chi connectivity index (χ2n) is 0.591. The Hall–Kier alpha value is -1.19. The fraction of sp³-hybridized carbons (Fsp3) is 0. The molecule has 30 valence electrons.